The number of ketones is 1. The minimum Gasteiger partial charge on any atom is -0.449 e. The molecule has 55 heavy (non-hydrogen) atoms. The van der Waals surface area contributed by atoms with Crippen LogP contribution in [0.25, 0.3) is 33.2 Å². The first-order valence-corrected chi connectivity index (χ1v) is 18.3. The van der Waals surface area contributed by atoms with Crippen molar-refractivity contribution in [1.29, 1.82) is 0 Å². The summed E-state index contributed by atoms with van der Waals surface area (Å²) in [5, 5.41) is 8.78. The van der Waals surface area contributed by atoms with Crippen molar-refractivity contribution in [3.8, 4) is 22.3 Å². The molecule has 4 N–H and O–H groups in total. The van der Waals surface area contributed by atoms with Gasteiger partial charge in [0.2, 0.25) is 5.91 Å². The molecule has 7 rings (SSSR count). The number of Topliss-reactive ketones (excluding diaryl/α,β-unsaturated/α-hetero) is 1. The lowest BCUT2D eigenvalue weighted by atomic mass is 9.98. The van der Waals surface area contributed by atoms with Gasteiger partial charge in [-0.05, 0) is 89.9 Å². The van der Waals surface area contributed by atoms with Crippen LogP contribution in [0.3, 0.4) is 0 Å². The molecule has 0 saturated heterocycles. The van der Waals surface area contributed by atoms with Crippen LogP contribution in [-0.4, -0.2) is 47.9 Å². The number of rotatable bonds is 13. The van der Waals surface area contributed by atoms with Crippen LogP contribution in [0.4, 0.5) is 10.5 Å². The van der Waals surface area contributed by atoms with E-state index in [-0.39, 0.29) is 35.7 Å². The van der Waals surface area contributed by atoms with Crippen LogP contribution >= 0.6 is 0 Å². The average molecular weight is 733 g/mol. The van der Waals surface area contributed by atoms with Gasteiger partial charge in [0.05, 0.1) is 5.56 Å². The van der Waals surface area contributed by atoms with E-state index in [9.17, 15) is 24.0 Å². The minimum absolute atomic E-state index is 0.0195. The van der Waals surface area contributed by atoms with Crippen molar-refractivity contribution in [2.75, 3.05) is 18.5 Å². The van der Waals surface area contributed by atoms with Crippen molar-refractivity contribution in [2.24, 2.45) is 0 Å². The van der Waals surface area contributed by atoms with Crippen molar-refractivity contribution >= 4 is 40.3 Å². The fourth-order valence-corrected chi connectivity index (χ4v) is 7.06. The maximum Gasteiger partial charge on any atom is 0.407 e. The Labute approximate surface area is 318 Å². The second-order valence-corrected chi connectivity index (χ2v) is 13.6. The zero-order valence-electron chi connectivity index (χ0n) is 30.3. The first-order chi connectivity index (χ1) is 26.8. The van der Waals surface area contributed by atoms with Crippen LogP contribution in [0, 0.1) is 0 Å². The number of amides is 3. The number of fused-ring (bicyclic) bond motifs is 4. The highest BCUT2D eigenvalue weighted by Gasteiger charge is 2.29. The number of alkyl carbamates (subject to hydrolysis) is 1. The number of carbonyl (C=O) groups excluding carboxylic acids is 4. The van der Waals surface area contributed by atoms with Gasteiger partial charge in [-0.2, -0.15) is 0 Å². The number of aromatic nitrogens is 1. The Hall–Kier alpha value is -6.81. The molecular formula is C45H40N4O6. The number of ether oxygens (including phenoxy) is 1. The topological polar surface area (TPSA) is 146 Å². The van der Waals surface area contributed by atoms with E-state index in [0.717, 1.165) is 33.4 Å². The highest BCUT2D eigenvalue weighted by molar-refractivity contribution is 6.02. The zero-order valence-corrected chi connectivity index (χ0v) is 30.3. The lowest BCUT2D eigenvalue weighted by molar-refractivity contribution is -0.118. The fraction of sp³-hybridized carbons (Fsp3) is 0.178. The number of pyridine rings is 1. The largest absolute Gasteiger partial charge is 0.449 e. The quantitative estimate of drug-likeness (QED) is 0.0703. The fourth-order valence-electron chi connectivity index (χ4n) is 7.06. The minimum atomic E-state index is -0.937. The van der Waals surface area contributed by atoms with Gasteiger partial charge in [0.25, 0.3) is 5.91 Å². The highest BCUT2D eigenvalue weighted by atomic mass is 16.5. The third kappa shape index (κ3) is 8.23. The molecule has 1 aliphatic carbocycles. The van der Waals surface area contributed by atoms with Crippen LogP contribution < -0.4 is 21.4 Å². The molecule has 6 aromatic rings. The summed E-state index contributed by atoms with van der Waals surface area (Å²) in [5.74, 6) is -1.31. The first-order valence-electron chi connectivity index (χ1n) is 18.3. The Morgan fingerprint density at radius 2 is 1.42 bits per heavy atom. The zero-order chi connectivity index (χ0) is 38.3. The molecule has 0 aliphatic heterocycles. The van der Waals surface area contributed by atoms with Crippen LogP contribution in [0.15, 0.2) is 132 Å². The van der Waals surface area contributed by atoms with Gasteiger partial charge >= 0.3 is 6.09 Å². The highest BCUT2D eigenvalue weighted by Crippen LogP contribution is 2.44. The van der Waals surface area contributed by atoms with Gasteiger partial charge < -0.3 is 25.7 Å². The van der Waals surface area contributed by atoms with E-state index in [0.29, 0.717) is 36.2 Å². The second-order valence-electron chi connectivity index (χ2n) is 13.6. The van der Waals surface area contributed by atoms with Gasteiger partial charge in [-0.1, -0.05) is 91.0 Å². The molecule has 5 aromatic carbocycles. The third-order valence-electron chi connectivity index (χ3n) is 9.94. The molecule has 0 saturated carbocycles. The summed E-state index contributed by atoms with van der Waals surface area (Å²) in [4.78, 5) is 67.8. The maximum atomic E-state index is 13.7. The Kier molecular flexibility index (Phi) is 10.9. The SMILES string of the molecule is CC(=O)c1c[nH]c2ccc(NC(=O)[C@H](CCCCNC(=O)OCC3c4ccccc4-c4ccccc43)NC(=O)c3ccc(-c4ccccc4)cc3)cc2c1=O. The number of hydrogen-bond donors (Lipinski definition) is 4. The molecule has 0 bridgehead atoms. The van der Waals surface area contributed by atoms with E-state index >= 15 is 0 Å². The standard InChI is InChI=1S/C45H40N4O6/c1-28(50)38-26-47-40-23-22-32(25-37(40)42(38)51)48-44(53)41(49-43(52)31-20-18-30(19-21-31)29-11-3-2-4-12-29)17-9-10-24-46-45(54)55-27-39-35-15-7-5-13-33(35)34-14-6-8-16-36(34)39/h2-8,11-16,18-23,25-26,39,41H,9-10,17,24,27H2,1H3,(H,46,54)(H,47,51)(H,48,53)(H,49,52)/t41-/m0/s1. The summed E-state index contributed by atoms with van der Waals surface area (Å²) < 4.78 is 5.66. The van der Waals surface area contributed by atoms with Gasteiger partial charge in [0.1, 0.15) is 12.6 Å². The monoisotopic (exact) mass is 732 g/mol. The molecular weight excluding hydrogens is 693 g/mol. The molecule has 0 spiro atoms. The summed E-state index contributed by atoms with van der Waals surface area (Å²) in [6, 6.07) is 37.1. The van der Waals surface area contributed by atoms with Crippen LogP contribution in [0.5, 0.6) is 0 Å². The van der Waals surface area contributed by atoms with Gasteiger partial charge in [-0.3, -0.25) is 19.2 Å². The molecule has 1 heterocycles. The van der Waals surface area contributed by atoms with Crippen LogP contribution in [0.1, 0.15) is 63.9 Å². The average Bonchev–Trinajstić information content (AvgIpc) is 3.53. The van der Waals surface area contributed by atoms with Gasteiger partial charge in [0.15, 0.2) is 11.2 Å². The van der Waals surface area contributed by atoms with E-state index < -0.39 is 29.4 Å². The third-order valence-corrected chi connectivity index (χ3v) is 9.94. The predicted molar refractivity (Wildman–Crippen MR) is 213 cm³/mol. The van der Waals surface area contributed by atoms with Crippen molar-refractivity contribution < 1.29 is 23.9 Å². The molecule has 0 radical (unpaired) electrons. The van der Waals surface area contributed by atoms with Gasteiger partial charge in [0, 0.05) is 40.8 Å². The molecule has 0 fully saturated rings. The number of nitrogens with one attached hydrogen (secondary N) is 4. The summed E-state index contributed by atoms with van der Waals surface area (Å²) in [7, 11) is 0. The Balaban J connectivity index is 0.980. The van der Waals surface area contributed by atoms with Crippen LogP contribution in [-0.2, 0) is 9.53 Å². The Morgan fingerprint density at radius 1 is 0.764 bits per heavy atom. The molecule has 10 heteroatoms. The second kappa shape index (κ2) is 16.5. The van der Waals surface area contributed by atoms with Crippen molar-refractivity contribution in [2.45, 2.75) is 38.1 Å². The maximum absolute atomic E-state index is 13.7. The first kappa shape index (κ1) is 36.5. The summed E-state index contributed by atoms with van der Waals surface area (Å²) in [6.07, 6.45) is 2.14. The summed E-state index contributed by atoms with van der Waals surface area (Å²) >= 11 is 0. The van der Waals surface area contributed by atoms with Gasteiger partial charge in [-0.15, -0.1) is 0 Å². The lowest BCUT2D eigenvalue weighted by Crippen LogP contribution is -2.44. The Morgan fingerprint density at radius 3 is 2.11 bits per heavy atom. The molecule has 1 aromatic heterocycles. The van der Waals surface area contributed by atoms with Crippen molar-refractivity contribution in [1.82, 2.24) is 15.6 Å². The molecule has 0 unspecified atom stereocenters. The van der Waals surface area contributed by atoms with E-state index in [2.05, 4.69) is 45.2 Å². The van der Waals surface area contributed by atoms with Crippen LogP contribution in [0.2, 0.25) is 0 Å². The number of unbranched alkanes of at least 4 members (excludes halogenated alkanes) is 1. The number of H-pyrrole nitrogens is 1. The lowest BCUT2D eigenvalue weighted by Gasteiger charge is -2.19. The number of benzene rings is 5. The number of anilines is 1. The van der Waals surface area contributed by atoms with E-state index in [4.69, 9.17) is 4.74 Å². The van der Waals surface area contributed by atoms with Crippen molar-refractivity contribution in [3.05, 3.63) is 160 Å². The molecule has 10 nitrogen and oxygen atoms in total. The van der Waals surface area contributed by atoms with E-state index in [1.54, 1.807) is 24.3 Å². The normalized spacial score (nSPS) is 12.3. The number of carbonyl (C=O) groups is 4. The molecule has 3 amide bonds. The number of aromatic amines is 1. The van der Waals surface area contributed by atoms with E-state index in [1.807, 2.05) is 66.7 Å². The molecule has 1 atom stereocenters. The van der Waals surface area contributed by atoms with E-state index in [1.165, 1.54) is 19.2 Å². The predicted octanol–water partition coefficient (Wildman–Crippen LogP) is 7.84. The molecule has 276 valence electrons. The smallest absolute Gasteiger partial charge is 0.407 e. The summed E-state index contributed by atoms with van der Waals surface area (Å²) in [6.45, 7) is 1.83. The Bertz CT molecular complexity index is 2400. The van der Waals surface area contributed by atoms with Gasteiger partial charge in [-0.25, -0.2) is 4.79 Å². The molecule has 1 aliphatic rings. The number of hydrogen-bond acceptors (Lipinski definition) is 6. The summed E-state index contributed by atoms with van der Waals surface area (Å²) in [5.41, 5.74) is 7.36. The van der Waals surface area contributed by atoms with Crippen molar-refractivity contribution in [3.63, 3.8) is 0 Å².